The molecule has 0 spiro atoms. The van der Waals surface area contributed by atoms with E-state index in [1.165, 1.54) is 4.90 Å². The summed E-state index contributed by atoms with van der Waals surface area (Å²) in [6, 6.07) is 7.60. The van der Waals surface area contributed by atoms with Crippen molar-refractivity contribution in [1.29, 1.82) is 0 Å². The smallest absolute Gasteiger partial charge is 0.305 e. The Hall–Kier alpha value is -2.93. The van der Waals surface area contributed by atoms with E-state index in [2.05, 4.69) is 4.98 Å². The number of hydrogen-bond acceptors (Lipinski definition) is 4. The van der Waals surface area contributed by atoms with Crippen molar-refractivity contribution in [1.82, 2.24) is 9.88 Å². The fourth-order valence-corrected chi connectivity index (χ4v) is 2.85. The Morgan fingerprint density at radius 1 is 1.12 bits per heavy atom. The minimum absolute atomic E-state index is 0.129. The molecule has 1 atom stereocenters. The maximum absolute atomic E-state index is 12.7. The molecule has 0 radical (unpaired) electrons. The molecule has 1 fully saturated rings. The highest BCUT2D eigenvalue weighted by atomic mass is 16.5. The van der Waals surface area contributed by atoms with E-state index in [0.29, 0.717) is 29.8 Å². The lowest BCUT2D eigenvalue weighted by Crippen LogP contribution is -2.49. The second kappa shape index (κ2) is 7.31. The van der Waals surface area contributed by atoms with Gasteiger partial charge in [0, 0.05) is 35.6 Å². The molecule has 7 nitrogen and oxygen atoms in total. The number of benzene rings is 1. The number of amides is 1. The first-order valence-electron chi connectivity index (χ1n) is 7.94. The first kappa shape index (κ1) is 16.9. The number of carboxylic acid groups (broad SMARTS) is 1. The van der Waals surface area contributed by atoms with Crippen LogP contribution >= 0.6 is 0 Å². The zero-order valence-corrected chi connectivity index (χ0v) is 13.5. The number of ether oxygens (including phenoxy) is 1. The lowest BCUT2D eigenvalue weighted by Gasteiger charge is -2.34. The van der Waals surface area contributed by atoms with Crippen molar-refractivity contribution in [2.75, 3.05) is 19.8 Å². The Bertz CT molecular complexity index is 767. The van der Waals surface area contributed by atoms with Gasteiger partial charge < -0.3 is 19.7 Å². The number of rotatable bonds is 5. The van der Waals surface area contributed by atoms with E-state index in [4.69, 9.17) is 9.84 Å². The van der Waals surface area contributed by atoms with E-state index in [1.807, 2.05) is 0 Å². The molecule has 2 aromatic rings. The maximum Gasteiger partial charge on any atom is 0.305 e. The van der Waals surface area contributed by atoms with Gasteiger partial charge in [0.25, 0.3) is 5.91 Å². The third-order valence-electron chi connectivity index (χ3n) is 4.15. The van der Waals surface area contributed by atoms with Crippen molar-refractivity contribution < 1.29 is 24.2 Å². The molecule has 2 N–H and O–H groups in total. The van der Waals surface area contributed by atoms with Gasteiger partial charge in [-0.25, -0.2) is 0 Å². The molecule has 130 valence electrons. The third-order valence-corrected chi connectivity index (χ3v) is 4.15. The molecular formula is C18H18N2O5. The summed E-state index contributed by atoms with van der Waals surface area (Å²) in [6.45, 7) is 0.939. The van der Waals surface area contributed by atoms with Crippen LogP contribution in [0.25, 0.3) is 0 Å². The molecule has 3 rings (SSSR count). The van der Waals surface area contributed by atoms with Gasteiger partial charge in [0.2, 0.25) is 0 Å². The van der Waals surface area contributed by atoms with Gasteiger partial charge in [0.05, 0.1) is 25.7 Å². The predicted molar refractivity (Wildman–Crippen MR) is 88.6 cm³/mol. The number of H-pyrrole nitrogens is 1. The number of nitrogens with one attached hydrogen (secondary N) is 1. The summed E-state index contributed by atoms with van der Waals surface area (Å²) in [4.78, 5) is 40.3. The highest BCUT2D eigenvalue weighted by Gasteiger charge is 2.29. The maximum atomic E-state index is 12.7. The van der Waals surface area contributed by atoms with Crippen molar-refractivity contribution in [2.45, 2.75) is 12.5 Å². The average Bonchev–Trinajstić information content (AvgIpc) is 3.15. The van der Waals surface area contributed by atoms with Gasteiger partial charge in [0.1, 0.15) is 0 Å². The molecular weight excluding hydrogens is 324 g/mol. The summed E-state index contributed by atoms with van der Waals surface area (Å²) >= 11 is 0. The molecule has 1 aliphatic rings. The van der Waals surface area contributed by atoms with Crippen LogP contribution in [0.5, 0.6) is 0 Å². The summed E-state index contributed by atoms with van der Waals surface area (Å²) in [5.41, 5.74) is 1.46. The van der Waals surface area contributed by atoms with E-state index in [0.717, 1.165) is 0 Å². The van der Waals surface area contributed by atoms with Crippen molar-refractivity contribution in [3.63, 3.8) is 0 Å². The Morgan fingerprint density at radius 3 is 2.48 bits per heavy atom. The van der Waals surface area contributed by atoms with Crippen LogP contribution in [0.3, 0.4) is 0 Å². The number of hydrogen-bond donors (Lipinski definition) is 2. The Labute approximate surface area is 144 Å². The lowest BCUT2D eigenvalue weighted by atomic mass is 10.0. The number of aromatic amines is 1. The van der Waals surface area contributed by atoms with Crippen LogP contribution in [0.1, 0.15) is 32.7 Å². The molecule has 7 heteroatoms. The van der Waals surface area contributed by atoms with Gasteiger partial charge in [-0.1, -0.05) is 12.1 Å². The molecule has 2 heterocycles. The quantitative estimate of drug-likeness (QED) is 0.803. The minimum Gasteiger partial charge on any atom is -0.481 e. The highest BCUT2D eigenvalue weighted by Crippen LogP contribution is 2.17. The molecule has 0 bridgehead atoms. The van der Waals surface area contributed by atoms with Crippen molar-refractivity contribution in [2.24, 2.45) is 0 Å². The second-order valence-electron chi connectivity index (χ2n) is 5.83. The summed E-state index contributed by atoms with van der Waals surface area (Å²) in [6.07, 6.45) is 3.13. The summed E-state index contributed by atoms with van der Waals surface area (Å²) < 4.78 is 5.29. The normalized spacial score (nSPS) is 17.3. The molecule has 1 aromatic carbocycles. The molecule has 0 aliphatic carbocycles. The third kappa shape index (κ3) is 3.77. The van der Waals surface area contributed by atoms with Crippen molar-refractivity contribution in [3.8, 4) is 0 Å². The highest BCUT2D eigenvalue weighted by molar-refractivity contribution is 6.09. The van der Waals surface area contributed by atoms with E-state index in [9.17, 15) is 14.4 Å². The van der Waals surface area contributed by atoms with Crippen molar-refractivity contribution in [3.05, 3.63) is 59.4 Å². The number of carbonyl (C=O) groups is 3. The molecule has 0 saturated carbocycles. The molecule has 1 aromatic heterocycles. The Morgan fingerprint density at radius 2 is 1.84 bits per heavy atom. The SMILES string of the molecule is O=C(O)CC1COCCN1C(=O)c1ccc(C(=O)c2cc[nH]c2)cc1. The predicted octanol–water partition coefficient (Wildman–Crippen LogP) is 1.56. The number of aliphatic carboxylic acids is 1. The van der Waals surface area contributed by atoms with Crippen LogP contribution in [-0.2, 0) is 9.53 Å². The van der Waals surface area contributed by atoms with E-state index in [-0.39, 0.29) is 24.7 Å². The van der Waals surface area contributed by atoms with E-state index in [1.54, 1.807) is 42.7 Å². The largest absolute Gasteiger partial charge is 0.481 e. The van der Waals surface area contributed by atoms with Crippen LogP contribution in [0.15, 0.2) is 42.7 Å². The van der Waals surface area contributed by atoms with Crippen molar-refractivity contribution >= 4 is 17.7 Å². The zero-order valence-electron chi connectivity index (χ0n) is 13.5. The molecule has 1 saturated heterocycles. The standard InChI is InChI=1S/C18H18N2O5/c21-16(22)9-15-11-25-8-7-20(15)18(24)13-3-1-12(2-4-13)17(23)14-5-6-19-10-14/h1-6,10,15,19H,7-9,11H2,(H,21,22). The Balaban J connectivity index is 1.75. The minimum atomic E-state index is -0.972. The van der Waals surface area contributed by atoms with Gasteiger partial charge in [-0.3, -0.25) is 14.4 Å². The van der Waals surface area contributed by atoms with Gasteiger partial charge >= 0.3 is 5.97 Å². The van der Waals surface area contributed by atoms with Gasteiger partial charge in [0.15, 0.2) is 5.78 Å². The number of aromatic nitrogens is 1. The first-order chi connectivity index (χ1) is 12.1. The van der Waals surface area contributed by atoms with E-state index >= 15 is 0 Å². The van der Waals surface area contributed by atoms with Crippen LogP contribution in [0, 0.1) is 0 Å². The number of morpholine rings is 1. The van der Waals surface area contributed by atoms with Gasteiger partial charge in [-0.15, -0.1) is 0 Å². The molecule has 1 aliphatic heterocycles. The van der Waals surface area contributed by atoms with Crippen LogP contribution in [0.2, 0.25) is 0 Å². The molecule has 1 amide bonds. The summed E-state index contributed by atoms with van der Waals surface area (Å²) in [7, 11) is 0. The number of ketones is 1. The fourth-order valence-electron chi connectivity index (χ4n) is 2.85. The van der Waals surface area contributed by atoms with Gasteiger partial charge in [-0.05, 0) is 18.2 Å². The van der Waals surface area contributed by atoms with Gasteiger partial charge in [-0.2, -0.15) is 0 Å². The average molecular weight is 342 g/mol. The fraction of sp³-hybridized carbons (Fsp3) is 0.278. The number of carboxylic acids is 1. The molecule has 1 unspecified atom stereocenters. The lowest BCUT2D eigenvalue weighted by molar-refractivity contribution is -0.139. The summed E-state index contributed by atoms with van der Waals surface area (Å²) in [5, 5.41) is 8.99. The number of carbonyl (C=O) groups excluding carboxylic acids is 2. The second-order valence-corrected chi connectivity index (χ2v) is 5.83. The Kier molecular flexibility index (Phi) is 4.95. The topological polar surface area (TPSA) is 99.7 Å². The van der Waals surface area contributed by atoms with Crippen LogP contribution < -0.4 is 0 Å². The first-order valence-corrected chi connectivity index (χ1v) is 7.94. The number of nitrogens with zero attached hydrogens (tertiary/aromatic N) is 1. The summed E-state index contributed by atoms with van der Waals surface area (Å²) in [5.74, 6) is -1.36. The van der Waals surface area contributed by atoms with Crippen LogP contribution in [0.4, 0.5) is 0 Å². The van der Waals surface area contributed by atoms with Crippen LogP contribution in [-0.4, -0.2) is 58.5 Å². The monoisotopic (exact) mass is 342 g/mol. The van der Waals surface area contributed by atoms with E-state index < -0.39 is 12.0 Å². The zero-order chi connectivity index (χ0) is 17.8. The molecule has 25 heavy (non-hydrogen) atoms.